The van der Waals surface area contributed by atoms with Crippen LogP contribution in [0.5, 0.6) is 5.75 Å². The molecule has 2 atom stereocenters. The molecule has 1 aromatic carbocycles. The van der Waals surface area contributed by atoms with Crippen LogP contribution >= 0.6 is 0 Å². The van der Waals surface area contributed by atoms with Gasteiger partial charge < -0.3 is 14.0 Å². The van der Waals surface area contributed by atoms with Gasteiger partial charge in [-0.15, -0.1) is 0 Å². The van der Waals surface area contributed by atoms with E-state index in [4.69, 9.17) is 9.47 Å². The van der Waals surface area contributed by atoms with Crippen LogP contribution in [0.1, 0.15) is 104 Å². The molecule has 4 rings (SSSR count). The van der Waals surface area contributed by atoms with E-state index in [-0.39, 0.29) is 17.3 Å². The first-order valence-corrected chi connectivity index (χ1v) is 14.6. The summed E-state index contributed by atoms with van der Waals surface area (Å²) >= 11 is 0. The zero-order valence-electron chi connectivity index (χ0n) is 24.0. The lowest BCUT2D eigenvalue weighted by Crippen LogP contribution is -2.60. The molecule has 0 amide bonds. The van der Waals surface area contributed by atoms with E-state index < -0.39 is 5.60 Å². The van der Waals surface area contributed by atoms with E-state index in [1.165, 1.54) is 57.9 Å². The van der Waals surface area contributed by atoms with Crippen LogP contribution in [-0.2, 0) is 9.53 Å². The van der Waals surface area contributed by atoms with E-state index in [0.29, 0.717) is 0 Å². The Morgan fingerprint density at radius 3 is 2.19 bits per heavy atom. The molecule has 2 unspecified atom stereocenters. The lowest BCUT2D eigenvalue weighted by atomic mass is 9.65. The number of nitrogens with zero attached hydrogens (tertiary/aromatic N) is 1. The van der Waals surface area contributed by atoms with E-state index in [1.807, 2.05) is 19.1 Å². The molecule has 2 heterocycles. The van der Waals surface area contributed by atoms with Gasteiger partial charge in [0.2, 0.25) is 0 Å². The number of unbranched alkanes of at least 4 members (excludes halogenated alkanes) is 7. The minimum absolute atomic E-state index is 0.158. The number of carbonyl (C=O) groups is 1. The van der Waals surface area contributed by atoms with Crippen LogP contribution < -0.4 is 4.74 Å². The molecule has 36 heavy (non-hydrogen) atoms. The average molecular weight is 499 g/mol. The van der Waals surface area contributed by atoms with Gasteiger partial charge in [0.15, 0.2) is 5.78 Å². The summed E-state index contributed by atoms with van der Waals surface area (Å²) in [5.74, 6) is 1.22. The number of fused-ring (bicyclic) bond motifs is 3. The van der Waals surface area contributed by atoms with E-state index in [2.05, 4.69) is 53.1 Å². The van der Waals surface area contributed by atoms with Gasteiger partial charge in [0, 0.05) is 17.9 Å². The second kappa shape index (κ2) is 12.7. The number of ether oxygens (including phenoxy) is 2. The fourth-order valence-electron chi connectivity index (χ4n) is 6.10. The maximum atomic E-state index is 13.1. The Hall–Kier alpha value is -1.65. The number of ketones is 1. The molecule has 0 N–H and O–H groups in total. The molecule has 1 aliphatic carbocycles. The molecule has 2 bridgehead atoms. The van der Waals surface area contributed by atoms with Crippen LogP contribution in [0, 0.1) is 5.92 Å². The van der Waals surface area contributed by atoms with Crippen LogP contribution in [-0.4, -0.2) is 55.3 Å². The zero-order chi connectivity index (χ0) is 26.2. The lowest BCUT2D eigenvalue weighted by Gasteiger charge is -2.53. The second-order valence-electron chi connectivity index (χ2n) is 12.6. The van der Waals surface area contributed by atoms with Gasteiger partial charge in [0.1, 0.15) is 11.4 Å². The Bertz CT molecular complexity index is 870. The summed E-state index contributed by atoms with van der Waals surface area (Å²) < 4.78 is 13.3. The van der Waals surface area contributed by atoms with Crippen molar-refractivity contribution in [2.45, 2.75) is 110 Å². The maximum Gasteiger partial charge on any atom is 0.190 e. The van der Waals surface area contributed by atoms with E-state index in [1.54, 1.807) is 0 Å². The molecule has 3 aliphatic rings. The number of hydrogen-bond donors (Lipinski definition) is 0. The molecular weight excluding hydrogens is 446 g/mol. The summed E-state index contributed by atoms with van der Waals surface area (Å²) in [6.45, 7) is 11.6. The summed E-state index contributed by atoms with van der Waals surface area (Å²) in [5, 5.41) is 0. The number of Topliss-reactive ketones (excluding diaryl/α,β-unsaturated/α-hetero) is 1. The molecular formula is C32H52NO3+. The third kappa shape index (κ3) is 7.92. The summed E-state index contributed by atoms with van der Waals surface area (Å²) in [6.07, 6.45) is 16.0. The monoisotopic (exact) mass is 498 g/mol. The van der Waals surface area contributed by atoms with Crippen molar-refractivity contribution in [1.82, 2.24) is 0 Å². The number of carbonyl (C=O) groups excluding carboxylic acids is 1. The number of hydrogen-bond acceptors (Lipinski definition) is 3. The van der Waals surface area contributed by atoms with Gasteiger partial charge in [0.05, 0.1) is 39.4 Å². The number of quaternary nitrogens is 1. The van der Waals surface area contributed by atoms with Crippen LogP contribution in [0.3, 0.4) is 0 Å². The highest BCUT2D eigenvalue weighted by Gasteiger charge is 2.56. The first-order chi connectivity index (χ1) is 17.1. The fourth-order valence-corrected chi connectivity index (χ4v) is 6.10. The van der Waals surface area contributed by atoms with Crippen LogP contribution in [0.4, 0.5) is 0 Å². The summed E-state index contributed by atoms with van der Waals surface area (Å²) in [5.41, 5.74) is 1.01. The fraction of sp³-hybridized carbons (Fsp3) is 0.719. The Morgan fingerprint density at radius 2 is 1.56 bits per heavy atom. The second-order valence-corrected chi connectivity index (χ2v) is 12.6. The standard InChI is InChI=1S/C32H52NO3/c1-7-8-9-10-11-12-13-14-22-33(5,6)23-15-24-35-27-18-16-26(17-19-27)25-28-29-20-21-32(4,30(28)34)36-31(29,2)3/h16-19,25,29H,7-15,20-24H2,1-6H3/q+1/b28-25-. The van der Waals surface area contributed by atoms with Crippen molar-refractivity contribution in [3.63, 3.8) is 0 Å². The molecule has 0 spiro atoms. The van der Waals surface area contributed by atoms with Crippen LogP contribution in [0.2, 0.25) is 0 Å². The molecule has 3 fully saturated rings. The van der Waals surface area contributed by atoms with E-state index in [9.17, 15) is 4.79 Å². The largest absolute Gasteiger partial charge is 0.493 e. The van der Waals surface area contributed by atoms with Gasteiger partial charge in [-0.1, -0.05) is 57.6 Å². The first kappa shape index (κ1) is 28.9. The molecule has 4 nitrogen and oxygen atoms in total. The van der Waals surface area contributed by atoms with Crippen molar-refractivity contribution in [3.05, 3.63) is 35.4 Å². The van der Waals surface area contributed by atoms with Crippen LogP contribution in [0.15, 0.2) is 29.8 Å². The topological polar surface area (TPSA) is 35.5 Å². The SMILES string of the molecule is CCCCCCCCCC[N+](C)(C)CCCOc1ccc(/C=C2\C(=O)C3(C)CCC2C(C)(C)O3)cc1. The molecule has 0 aromatic heterocycles. The van der Waals surface area contributed by atoms with E-state index >= 15 is 0 Å². The van der Waals surface area contributed by atoms with Gasteiger partial charge in [-0.05, 0) is 70.2 Å². The predicted molar refractivity (Wildman–Crippen MR) is 150 cm³/mol. The molecule has 4 heteroatoms. The van der Waals surface area contributed by atoms with E-state index in [0.717, 1.165) is 53.8 Å². The Morgan fingerprint density at radius 1 is 0.944 bits per heavy atom. The third-order valence-electron chi connectivity index (χ3n) is 8.35. The molecule has 2 saturated heterocycles. The average Bonchev–Trinajstić information content (AvgIpc) is 2.81. The van der Waals surface area contributed by atoms with Gasteiger partial charge in [-0.25, -0.2) is 0 Å². The summed E-state index contributed by atoms with van der Waals surface area (Å²) in [4.78, 5) is 13.1. The van der Waals surface area contributed by atoms with Crippen molar-refractivity contribution in [2.24, 2.45) is 5.92 Å². The molecule has 202 valence electrons. The quantitative estimate of drug-likeness (QED) is 0.142. The highest BCUT2D eigenvalue weighted by molar-refractivity contribution is 6.07. The molecule has 1 saturated carbocycles. The minimum atomic E-state index is -0.673. The van der Waals surface area contributed by atoms with Gasteiger partial charge in [-0.3, -0.25) is 4.79 Å². The summed E-state index contributed by atoms with van der Waals surface area (Å²) in [7, 11) is 4.69. The van der Waals surface area contributed by atoms with Crippen molar-refractivity contribution in [3.8, 4) is 5.75 Å². The normalized spacial score (nSPS) is 24.4. The lowest BCUT2D eigenvalue weighted by molar-refractivity contribution is -0.890. The van der Waals surface area contributed by atoms with Crippen LogP contribution in [0.25, 0.3) is 6.08 Å². The molecule has 1 aromatic rings. The molecule has 2 aliphatic heterocycles. The summed E-state index contributed by atoms with van der Waals surface area (Å²) in [6, 6.07) is 8.19. The minimum Gasteiger partial charge on any atom is -0.493 e. The smallest absolute Gasteiger partial charge is 0.190 e. The predicted octanol–water partition coefficient (Wildman–Crippen LogP) is 7.60. The van der Waals surface area contributed by atoms with Crippen molar-refractivity contribution in [1.29, 1.82) is 0 Å². The first-order valence-electron chi connectivity index (χ1n) is 14.6. The number of rotatable bonds is 15. The Kier molecular flexibility index (Phi) is 10.2. The van der Waals surface area contributed by atoms with Crippen molar-refractivity contribution >= 4 is 11.9 Å². The van der Waals surface area contributed by atoms with Gasteiger partial charge in [-0.2, -0.15) is 0 Å². The Balaban J connectivity index is 1.38. The highest BCUT2D eigenvalue weighted by Crippen LogP contribution is 2.50. The maximum absolute atomic E-state index is 13.1. The molecule has 0 radical (unpaired) electrons. The highest BCUT2D eigenvalue weighted by atomic mass is 16.5. The Labute approximate surface area is 221 Å². The van der Waals surface area contributed by atoms with Crippen molar-refractivity contribution in [2.75, 3.05) is 33.8 Å². The van der Waals surface area contributed by atoms with Gasteiger partial charge >= 0.3 is 0 Å². The number of benzene rings is 1. The third-order valence-corrected chi connectivity index (χ3v) is 8.35. The van der Waals surface area contributed by atoms with Crippen molar-refractivity contribution < 1.29 is 18.8 Å². The zero-order valence-corrected chi connectivity index (χ0v) is 24.0. The van der Waals surface area contributed by atoms with Gasteiger partial charge in [0.25, 0.3) is 0 Å².